The quantitative estimate of drug-likeness (QED) is 0.354. The zero-order valence-corrected chi connectivity index (χ0v) is 23.5. The predicted octanol–water partition coefficient (Wildman–Crippen LogP) is 4.75. The Bertz CT molecular complexity index is 1510. The van der Waals surface area contributed by atoms with Crippen LogP contribution in [0, 0.1) is 13.8 Å². The molecule has 39 heavy (non-hydrogen) atoms. The van der Waals surface area contributed by atoms with Crippen LogP contribution < -0.4 is 19.7 Å². The average Bonchev–Trinajstić information content (AvgIpc) is 3.30. The maximum absolute atomic E-state index is 14.3. The first-order chi connectivity index (χ1) is 18.5. The molecule has 9 heteroatoms. The number of carbonyl (C=O) groups excluding carboxylic acids is 2. The van der Waals surface area contributed by atoms with Gasteiger partial charge in [0.15, 0.2) is 0 Å². The smallest absolute Gasteiger partial charge is 0.249 e. The van der Waals surface area contributed by atoms with E-state index >= 15 is 0 Å². The molecule has 0 aliphatic rings. The standard InChI is InChI=1S/C30H35N5O4/c1-19-12-13-21(16-20(19)2)35(27(36)18-34-25-11-9-8-10-24(25)32-33-34)28(29(37)31-30(3,4)5)23-17-22(38-6)14-15-26(23)39-7/h8-17,28H,18H2,1-7H3,(H,31,37). The third-order valence-corrected chi connectivity index (χ3v) is 6.48. The molecule has 0 saturated carbocycles. The number of fused-ring (bicyclic) bond motifs is 1. The number of aryl methyl sites for hydroxylation is 2. The molecular formula is C30H35N5O4. The lowest BCUT2D eigenvalue weighted by Gasteiger charge is -2.34. The number of hydrogen-bond acceptors (Lipinski definition) is 6. The predicted molar refractivity (Wildman–Crippen MR) is 151 cm³/mol. The molecule has 0 saturated heterocycles. The van der Waals surface area contributed by atoms with E-state index in [-0.39, 0.29) is 18.4 Å². The SMILES string of the molecule is COc1ccc(OC)c(C(C(=O)NC(C)(C)C)N(C(=O)Cn2nnc3ccccc32)c2ccc(C)c(C)c2)c1. The van der Waals surface area contributed by atoms with Crippen LogP contribution in [0.25, 0.3) is 11.0 Å². The second kappa shape index (κ2) is 11.1. The van der Waals surface area contributed by atoms with Crippen LogP contribution >= 0.6 is 0 Å². The van der Waals surface area contributed by atoms with Gasteiger partial charge in [0.2, 0.25) is 11.8 Å². The van der Waals surface area contributed by atoms with Gasteiger partial charge in [-0.1, -0.05) is 23.4 Å². The molecule has 1 N–H and O–H groups in total. The van der Waals surface area contributed by atoms with Gasteiger partial charge in [0.25, 0.3) is 0 Å². The second-order valence-corrected chi connectivity index (χ2v) is 10.5. The van der Waals surface area contributed by atoms with Crippen LogP contribution in [0.2, 0.25) is 0 Å². The van der Waals surface area contributed by atoms with Crippen LogP contribution in [0.1, 0.15) is 43.5 Å². The molecule has 4 rings (SSSR count). The number of para-hydroxylation sites is 1. The van der Waals surface area contributed by atoms with E-state index in [1.54, 1.807) is 30.0 Å². The highest BCUT2D eigenvalue weighted by atomic mass is 16.5. The maximum atomic E-state index is 14.3. The van der Waals surface area contributed by atoms with E-state index in [2.05, 4.69) is 15.6 Å². The van der Waals surface area contributed by atoms with E-state index in [0.29, 0.717) is 28.3 Å². The van der Waals surface area contributed by atoms with Gasteiger partial charge >= 0.3 is 0 Å². The van der Waals surface area contributed by atoms with Crippen molar-refractivity contribution in [3.63, 3.8) is 0 Å². The highest BCUT2D eigenvalue weighted by Gasteiger charge is 2.37. The molecule has 2 amide bonds. The monoisotopic (exact) mass is 529 g/mol. The van der Waals surface area contributed by atoms with Gasteiger partial charge in [-0.25, -0.2) is 4.68 Å². The summed E-state index contributed by atoms with van der Waals surface area (Å²) in [5, 5.41) is 11.5. The van der Waals surface area contributed by atoms with Crippen molar-refractivity contribution in [2.75, 3.05) is 19.1 Å². The van der Waals surface area contributed by atoms with Gasteiger partial charge < -0.3 is 14.8 Å². The fraction of sp³-hybridized carbons (Fsp3) is 0.333. The van der Waals surface area contributed by atoms with Crippen molar-refractivity contribution in [3.8, 4) is 11.5 Å². The summed E-state index contributed by atoms with van der Waals surface area (Å²) in [6.45, 7) is 9.54. The number of methoxy groups -OCH3 is 2. The number of carbonyl (C=O) groups is 2. The lowest BCUT2D eigenvalue weighted by Crippen LogP contribution is -2.50. The van der Waals surface area contributed by atoms with E-state index in [1.165, 1.54) is 12.0 Å². The fourth-order valence-electron chi connectivity index (χ4n) is 4.44. The molecule has 1 atom stereocenters. The van der Waals surface area contributed by atoms with Gasteiger partial charge in [0.05, 0.1) is 19.7 Å². The first-order valence-electron chi connectivity index (χ1n) is 12.7. The van der Waals surface area contributed by atoms with Gasteiger partial charge in [-0.15, -0.1) is 5.10 Å². The van der Waals surface area contributed by atoms with Crippen molar-refractivity contribution in [1.82, 2.24) is 20.3 Å². The summed E-state index contributed by atoms with van der Waals surface area (Å²) in [4.78, 5) is 29.9. The Morgan fingerprint density at radius 1 is 0.974 bits per heavy atom. The van der Waals surface area contributed by atoms with Crippen molar-refractivity contribution in [2.24, 2.45) is 0 Å². The molecular weight excluding hydrogens is 494 g/mol. The summed E-state index contributed by atoms with van der Waals surface area (Å²) in [7, 11) is 3.09. The molecule has 0 fully saturated rings. The molecule has 0 aliphatic heterocycles. The zero-order valence-electron chi connectivity index (χ0n) is 23.5. The van der Waals surface area contributed by atoms with E-state index in [0.717, 1.165) is 16.6 Å². The molecule has 1 heterocycles. The number of rotatable bonds is 8. The Balaban J connectivity index is 1.92. The average molecular weight is 530 g/mol. The van der Waals surface area contributed by atoms with Crippen LogP contribution in [0.5, 0.6) is 11.5 Å². The Kier molecular flexibility index (Phi) is 7.90. The minimum Gasteiger partial charge on any atom is -0.497 e. The summed E-state index contributed by atoms with van der Waals surface area (Å²) in [6, 6.07) is 17.3. The Morgan fingerprint density at radius 3 is 2.38 bits per heavy atom. The van der Waals surface area contributed by atoms with Gasteiger partial charge in [0, 0.05) is 16.8 Å². The first-order valence-corrected chi connectivity index (χ1v) is 12.7. The number of nitrogens with zero attached hydrogens (tertiary/aromatic N) is 4. The normalized spacial score (nSPS) is 12.2. The molecule has 3 aromatic carbocycles. The van der Waals surface area contributed by atoms with Crippen LogP contribution in [0.15, 0.2) is 60.7 Å². The van der Waals surface area contributed by atoms with Crippen LogP contribution in [0.4, 0.5) is 5.69 Å². The van der Waals surface area contributed by atoms with Gasteiger partial charge in [-0.2, -0.15) is 0 Å². The van der Waals surface area contributed by atoms with E-state index in [1.807, 2.05) is 77.1 Å². The molecule has 4 aromatic rings. The summed E-state index contributed by atoms with van der Waals surface area (Å²) >= 11 is 0. The number of nitrogens with one attached hydrogen (secondary N) is 1. The number of benzene rings is 3. The maximum Gasteiger partial charge on any atom is 0.249 e. The molecule has 1 unspecified atom stereocenters. The topological polar surface area (TPSA) is 98.6 Å². The Labute approximate surface area is 228 Å². The van der Waals surface area contributed by atoms with Gasteiger partial charge in [-0.3, -0.25) is 14.5 Å². The Morgan fingerprint density at radius 2 is 1.72 bits per heavy atom. The molecule has 204 valence electrons. The highest BCUT2D eigenvalue weighted by molar-refractivity contribution is 6.02. The molecule has 9 nitrogen and oxygen atoms in total. The van der Waals surface area contributed by atoms with Crippen LogP contribution in [-0.4, -0.2) is 46.6 Å². The number of aromatic nitrogens is 3. The highest BCUT2D eigenvalue weighted by Crippen LogP contribution is 2.37. The van der Waals surface area contributed by atoms with E-state index < -0.39 is 11.6 Å². The summed E-state index contributed by atoms with van der Waals surface area (Å²) in [5.41, 5.74) is 3.98. The van der Waals surface area contributed by atoms with E-state index in [9.17, 15) is 9.59 Å². The third-order valence-electron chi connectivity index (χ3n) is 6.48. The van der Waals surface area contributed by atoms with Crippen molar-refractivity contribution in [3.05, 3.63) is 77.4 Å². The molecule has 0 bridgehead atoms. The second-order valence-electron chi connectivity index (χ2n) is 10.5. The first kappa shape index (κ1) is 27.6. The van der Waals surface area contributed by atoms with Crippen LogP contribution in [-0.2, 0) is 16.1 Å². The number of ether oxygens (including phenoxy) is 2. The van der Waals surface area contributed by atoms with Crippen LogP contribution in [0.3, 0.4) is 0 Å². The van der Waals surface area contributed by atoms with Gasteiger partial charge in [-0.05, 0) is 88.2 Å². The largest absolute Gasteiger partial charge is 0.497 e. The molecule has 0 aliphatic carbocycles. The summed E-state index contributed by atoms with van der Waals surface area (Å²) < 4.78 is 12.7. The summed E-state index contributed by atoms with van der Waals surface area (Å²) in [6.07, 6.45) is 0. The van der Waals surface area contributed by atoms with Crippen molar-refractivity contribution in [2.45, 2.75) is 52.7 Å². The minimum absolute atomic E-state index is 0.126. The molecule has 0 spiro atoms. The number of hydrogen-bond donors (Lipinski definition) is 1. The lowest BCUT2D eigenvalue weighted by atomic mass is 9.98. The fourth-order valence-corrected chi connectivity index (χ4v) is 4.44. The molecule has 1 aromatic heterocycles. The minimum atomic E-state index is -1.07. The van der Waals surface area contributed by atoms with Crippen molar-refractivity contribution >= 4 is 28.5 Å². The Hall–Kier alpha value is -4.40. The lowest BCUT2D eigenvalue weighted by molar-refractivity contribution is -0.128. The molecule has 0 radical (unpaired) electrons. The van der Waals surface area contributed by atoms with Crippen molar-refractivity contribution < 1.29 is 19.1 Å². The third kappa shape index (κ3) is 6.03. The number of anilines is 1. The van der Waals surface area contributed by atoms with Gasteiger partial charge in [0.1, 0.15) is 29.6 Å². The zero-order chi connectivity index (χ0) is 28.3. The van der Waals surface area contributed by atoms with E-state index in [4.69, 9.17) is 9.47 Å². The van der Waals surface area contributed by atoms with Crippen molar-refractivity contribution in [1.29, 1.82) is 0 Å². The summed E-state index contributed by atoms with van der Waals surface area (Å²) in [5.74, 6) is 0.295. The number of amides is 2.